The van der Waals surface area contributed by atoms with E-state index in [1.165, 1.54) is 17.9 Å². The molecule has 3 heterocycles. The number of imidazole rings is 1. The zero-order valence-electron chi connectivity index (χ0n) is 27.9. The fourth-order valence-electron chi connectivity index (χ4n) is 6.57. The van der Waals surface area contributed by atoms with Crippen LogP contribution in [-0.4, -0.2) is 93.7 Å². The predicted octanol–water partition coefficient (Wildman–Crippen LogP) is 3.62. The molecule has 2 aliphatic heterocycles. The minimum Gasteiger partial charge on any atom is -0.384 e. The lowest BCUT2D eigenvalue weighted by Crippen LogP contribution is -2.50. The van der Waals surface area contributed by atoms with Crippen molar-refractivity contribution in [1.29, 1.82) is 0 Å². The Morgan fingerprint density at radius 2 is 1.92 bits per heavy atom. The van der Waals surface area contributed by atoms with Gasteiger partial charge in [0.2, 0.25) is 11.8 Å². The molecule has 2 aliphatic rings. The minimum absolute atomic E-state index is 0.0921. The number of aliphatic hydroxyl groups excluding tert-OH is 1. The van der Waals surface area contributed by atoms with Crippen LogP contribution in [-0.2, 0) is 20.9 Å². The summed E-state index contributed by atoms with van der Waals surface area (Å²) in [6.45, 7) is 6.38. The molecule has 0 saturated carbocycles. The normalized spacial score (nSPS) is 18.9. The standard InChI is InChI=1S/C36H43F3N6O4/c1-23(46)35(49)45(21-25-18-40-19-29(25)39)33(36(2,3)17-31(47)41-13-15-43-14-7-10-32(43)48)34-42-30(27-16-26(37)11-12-28(27)38)22-44(34)20-24-8-5-4-6-9-24/h4-12,16,22-23,25,29,33,40,46H,13-15,17-21H2,1-3H3,(H,41,47). The van der Waals surface area contributed by atoms with Crippen molar-refractivity contribution in [3.05, 3.63) is 89.9 Å². The van der Waals surface area contributed by atoms with Crippen LogP contribution >= 0.6 is 0 Å². The second kappa shape index (κ2) is 15.4. The van der Waals surface area contributed by atoms with E-state index in [1.54, 1.807) is 35.6 Å². The number of halogens is 3. The molecule has 0 bridgehead atoms. The van der Waals surface area contributed by atoms with Gasteiger partial charge >= 0.3 is 0 Å². The van der Waals surface area contributed by atoms with Crippen molar-refractivity contribution in [3.8, 4) is 11.3 Å². The summed E-state index contributed by atoms with van der Waals surface area (Å²) in [5.41, 5.74) is -0.238. The number of nitrogens with zero attached hydrogens (tertiary/aromatic N) is 4. The van der Waals surface area contributed by atoms with Crippen LogP contribution in [0.15, 0.2) is 66.9 Å². The van der Waals surface area contributed by atoms with Gasteiger partial charge in [0.05, 0.1) is 11.7 Å². The topological polar surface area (TPSA) is 120 Å². The van der Waals surface area contributed by atoms with Gasteiger partial charge < -0.3 is 30.1 Å². The van der Waals surface area contributed by atoms with E-state index < -0.39 is 47.2 Å². The summed E-state index contributed by atoms with van der Waals surface area (Å²) < 4.78 is 46.4. The number of nitrogens with one attached hydrogen (secondary N) is 2. The second-order valence-electron chi connectivity index (χ2n) is 13.4. The summed E-state index contributed by atoms with van der Waals surface area (Å²) >= 11 is 0. The third-order valence-electron chi connectivity index (χ3n) is 9.05. The molecule has 0 radical (unpaired) electrons. The van der Waals surface area contributed by atoms with Crippen molar-refractivity contribution in [3.63, 3.8) is 0 Å². The minimum atomic E-state index is -1.47. The maximum absolute atomic E-state index is 15.1. The average Bonchev–Trinajstić information content (AvgIpc) is 3.78. The first kappa shape index (κ1) is 35.8. The van der Waals surface area contributed by atoms with Crippen LogP contribution < -0.4 is 10.6 Å². The van der Waals surface area contributed by atoms with Gasteiger partial charge in [0.15, 0.2) is 0 Å². The van der Waals surface area contributed by atoms with E-state index in [4.69, 9.17) is 4.98 Å². The molecule has 4 unspecified atom stereocenters. The molecular formula is C36H43F3N6O4. The fourth-order valence-corrected chi connectivity index (χ4v) is 6.57. The summed E-state index contributed by atoms with van der Waals surface area (Å²) in [5, 5.41) is 16.5. The van der Waals surface area contributed by atoms with Gasteiger partial charge in [0, 0.05) is 81.4 Å². The highest BCUT2D eigenvalue weighted by Crippen LogP contribution is 2.43. The summed E-state index contributed by atoms with van der Waals surface area (Å²) in [4.78, 5) is 47.2. The molecule has 3 amide bonds. The van der Waals surface area contributed by atoms with Gasteiger partial charge in [-0.3, -0.25) is 14.4 Å². The van der Waals surface area contributed by atoms with Crippen molar-refractivity contribution in [2.45, 2.75) is 52.1 Å². The zero-order valence-corrected chi connectivity index (χ0v) is 27.9. The highest BCUT2D eigenvalue weighted by Gasteiger charge is 2.45. The number of benzene rings is 2. The van der Waals surface area contributed by atoms with Crippen LogP contribution in [0, 0.1) is 23.0 Å². The third kappa shape index (κ3) is 8.57. The van der Waals surface area contributed by atoms with Crippen LogP contribution in [0.5, 0.6) is 0 Å². The molecule has 5 rings (SSSR count). The molecule has 4 atom stereocenters. The number of carbonyl (C=O) groups is 3. The van der Waals surface area contributed by atoms with E-state index in [2.05, 4.69) is 10.6 Å². The molecule has 10 nitrogen and oxygen atoms in total. The van der Waals surface area contributed by atoms with E-state index in [1.807, 2.05) is 30.3 Å². The molecule has 3 aromatic rings. The number of alkyl halides is 1. The SMILES string of the molecule is CC(O)C(=O)N(CC1CNCC1F)C(c1nc(-c2cc(F)ccc2F)cn1Cc1ccccc1)C(C)(C)CC(=O)NCCN1CC=CC1=O. The Morgan fingerprint density at radius 3 is 2.57 bits per heavy atom. The van der Waals surface area contributed by atoms with E-state index in [9.17, 15) is 23.9 Å². The molecule has 49 heavy (non-hydrogen) atoms. The van der Waals surface area contributed by atoms with Gasteiger partial charge in [0.25, 0.3) is 5.91 Å². The van der Waals surface area contributed by atoms with Crippen molar-refractivity contribution in [1.82, 2.24) is 30.0 Å². The van der Waals surface area contributed by atoms with E-state index in [0.717, 1.165) is 23.8 Å². The number of aliphatic hydroxyl groups is 1. The number of carbonyl (C=O) groups excluding carboxylic acids is 3. The first-order chi connectivity index (χ1) is 23.3. The van der Waals surface area contributed by atoms with E-state index >= 15 is 8.78 Å². The second-order valence-corrected chi connectivity index (χ2v) is 13.4. The van der Waals surface area contributed by atoms with Gasteiger partial charge in [0.1, 0.15) is 29.7 Å². The molecule has 0 aliphatic carbocycles. The highest BCUT2D eigenvalue weighted by atomic mass is 19.1. The number of amides is 3. The quantitative estimate of drug-likeness (QED) is 0.240. The zero-order chi connectivity index (χ0) is 35.3. The Bertz CT molecular complexity index is 1680. The lowest BCUT2D eigenvalue weighted by molar-refractivity contribution is -0.147. The van der Waals surface area contributed by atoms with Crippen LogP contribution in [0.25, 0.3) is 11.3 Å². The smallest absolute Gasteiger partial charge is 0.251 e. The number of aromatic nitrogens is 2. The molecule has 3 N–H and O–H groups in total. The molecule has 0 spiro atoms. The molecule has 2 aromatic carbocycles. The predicted molar refractivity (Wildman–Crippen MR) is 178 cm³/mol. The number of hydrogen-bond donors (Lipinski definition) is 3. The maximum Gasteiger partial charge on any atom is 0.251 e. The molecule has 262 valence electrons. The monoisotopic (exact) mass is 680 g/mol. The highest BCUT2D eigenvalue weighted by molar-refractivity contribution is 5.90. The van der Waals surface area contributed by atoms with Crippen LogP contribution in [0.2, 0.25) is 0 Å². The number of rotatable bonds is 14. The first-order valence-corrected chi connectivity index (χ1v) is 16.5. The Balaban J connectivity index is 1.58. The Morgan fingerprint density at radius 1 is 1.16 bits per heavy atom. The van der Waals surface area contributed by atoms with Gasteiger partial charge in [-0.05, 0) is 30.7 Å². The molecule has 1 fully saturated rings. The Kier molecular flexibility index (Phi) is 11.2. The summed E-state index contributed by atoms with van der Waals surface area (Å²) in [6.07, 6.45) is 1.94. The van der Waals surface area contributed by atoms with Crippen LogP contribution in [0.3, 0.4) is 0 Å². The van der Waals surface area contributed by atoms with Crippen LogP contribution in [0.4, 0.5) is 13.2 Å². The molecule has 1 saturated heterocycles. The van der Waals surface area contributed by atoms with Crippen molar-refractivity contribution in [2.75, 3.05) is 39.3 Å². The Hall–Kier alpha value is -4.49. The van der Waals surface area contributed by atoms with E-state index in [0.29, 0.717) is 19.6 Å². The Labute approximate surface area is 284 Å². The fraction of sp³-hybridized carbons (Fsp3) is 0.444. The lowest BCUT2D eigenvalue weighted by atomic mass is 9.78. The third-order valence-corrected chi connectivity index (χ3v) is 9.05. The average molecular weight is 681 g/mol. The summed E-state index contributed by atoms with van der Waals surface area (Å²) in [6, 6.07) is 11.4. The van der Waals surface area contributed by atoms with Gasteiger partial charge in [-0.1, -0.05) is 50.3 Å². The molecule has 13 heteroatoms. The van der Waals surface area contributed by atoms with Gasteiger partial charge in [-0.15, -0.1) is 0 Å². The van der Waals surface area contributed by atoms with Crippen LogP contribution in [0.1, 0.15) is 44.6 Å². The summed E-state index contributed by atoms with van der Waals surface area (Å²) in [5.74, 6) is -2.90. The van der Waals surface area contributed by atoms with Crippen molar-refractivity contribution in [2.24, 2.45) is 11.3 Å². The van der Waals surface area contributed by atoms with Crippen molar-refractivity contribution >= 4 is 17.7 Å². The van der Waals surface area contributed by atoms with Gasteiger partial charge in [-0.25, -0.2) is 18.2 Å². The molecular weight excluding hydrogens is 637 g/mol. The van der Waals surface area contributed by atoms with E-state index in [-0.39, 0.29) is 61.5 Å². The molecule has 1 aromatic heterocycles. The number of hydrogen-bond acceptors (Lipinski definition) is 6. The summed E-state index contributed by atoms with van der Waals surface area (Å²) in [7, 11) is 0. The first-order valence-electron chi connectivity index (χ1n) is 16.5. The largest absolute Gasteiger partial charge is 0.384 e. The van der Waals surface area contributed by atoms with Gasteiger partial charge in [-0.2, -0.15) is 0 Å². The maximum atomic E-state index is 15.1. The lowest BCUT2D eigenvalue weighted by Gasteiger charge is -2.43. The van der Waals surface area contributed by atoms with Crippen molar-refractivity contribution < 1.29 is 32.7 Å².